The Bertz CT molecular complexity index is 646. The van der Waals surface area contributed by atoms with Crippen molar-refractivity contribution in [2.24, 2.45) is 0 Å². The molecule has 0 spiro atoms. The van der Waals surface area contributed by atoms with Gasteiger partial charge in [-0.2, -0.15) is 5.10 Å². The zero-order chi connectivity index (χ0) is 15.4. The lowest BCUT2D eigenvalue weighted by molar-refractivity contribution is 0.230. The van der Waals surface area contributed by atoms with Crippen molar-refractivity contribution in [2.75, 3.05) is 18.4 Å². The predicted molar refractivity (Wildman–Crippen MR) is 86.3 cm³/mol. The molecule has 6 nitrogen and oxygen atoms in total. The second-order valence-corrected chi connectivity index (χ2v) is 5.64. The minimum atomic E-state index is 0.673. The van der Waals surface area contributed by atoms with Crippen LogP contribution in [0.2, 0.25) is 0 Å². The first-order valence-electron chi connectivity index (χ1n) is 7.64. The number of allylic oxidation sites excluding steroid dienone is 1. The summed E-state index contributed by atoms with van der Waals surface area (Å²) in [4.78, 5) is 10.7. The first-order valence-corrected chi connectivity index (χ1v) is 7.64. The topological polar surface area (TPSA) is 58.9 Å². The summed E-state index contributed by atoms with van der Waals surface area (Å²) >= 11 is 0. The third kappa shape index (κ3) is 3.51. The largest absolute Gasteiger partial charge is 0.363 e. The molecular formula is C16H22N6. The average Bonchev–Trinajstić information content (AvgIpc) is 2.96. The minimum absolute atomic E-state index is 0.673. The molecule has 6 heteroatoms. The lowest BCUT2D eigenvalue weighted by Gasteiger charge is -2.27. The van der Waals surface area contributed by atoms with Gasteiger partial charge in [-0.25, -0.2) is 4.98 Å². The number of hydrogen-bond acceptors (Lipinski definition) is 5. The Morgan fingerprint density at radius 1 is 1.36 bits per heavy atom. The summed E-state index contributed by atoms with van der Waals surface area (Å²) in [6.45, 7) is 8.96. The van der Waals surface area contributed by atoms with Gasteiger partial charge in [0.05, 0.1) is 30.7 Å². The summed E-state index contributed by atoms with van der Waals surface area (Å²) < 4.78 is 2.12. The molecule has 1 aliphatic heterocycles. The van der Waals surface area contributed by atoms with E-state index in [0.717, 1.165) is 37.7 Å². The van der Waals surface area contributed by atoms with E-state index in [9.17, 15) is 0 Å². The summed E-state index contributed by atoms with van der Waals surface area (Å²) in [6, 6.07) is 2.18. The highest BCUT2D eigenvalue weighted by Crippen LogP contribution is 2.15. The van der Waals surface area contributed by atoms with E-state index >= 15 is 0 Å². The molecular weight excluding hydrogens is 276 g/mol. The van der Waals surface area contributed by atoms with Gasteiger partial charge in [0.25, 0.3) is 0 Å². The van der Waals surface area contributed by atoms with Crippen molar-refractivity contribution in [1.29, 1.82) is 0 Å². The molecule has 1 N–H and O–H groups in total. The summed E-state index contributed by atoms with van der Waals surface area (Å²) in [5, 5.41) is 7.91. The lowest BCUT2D eigenvalue weighted by Crippen LogP contribution is -2.34. The van der Waals surface area contributed by atoms with Crippen LogP contribution in [0.4, 0.5) is 5.82 Å². The maximum atomic E-state index is 4.66. The lowest BCUT2D eigenvalue weighted by atomic mass is 10.2. The van der Waals surface area contributed by atoms with Gasteiger partial charge in [0.1, 0.15) is 5.82 Å². The van der Waals surface area contributed by atoms with Crippen molar-refractivity contribution in [3.05, 3.63) is 47.7 Å². The fourth-order valence-corrected chi connectivity index (χ4v) is 2.62. The molecule has 0 aromatic carbocycles. The van der Waals surface area contributed by atoms with Crippen LogP contribution in [0.1, 0.15) is 25.2 Å². The minimum Gasteiger partial charge on any atom is -0.363 e. The molecule has 3 rings (SSSR count). The standard InChI is InChI=1S/C16H22N6/c1-3-13(2)11-21-6-7-22-15(12-21)8-14(20-22)9-19-16-10-17-4-5-18-16/h3-5,8,10H,6-7,9,11-12H2,1-2H3,(H,18,19)/b13-3+. The number of anilines is 1. The Morgan fingerprint density at radius 3 is 3.05 bits per heavy atom. The van der Waals surface area contributed by atoms with Crippen molar-refractivity contribution >= 4 is 5.82 Å². The molecule has 0 atom stereocenters. The second kappa shape index (κ2) is 6.70. The summed E-state index contributed by atoms with van der Waals surface area (Å²) in [5.74, 6) is 0.777. The highest BCUT2D eigenvalue weighted by molar-refractivity contribution is 5.31. The molecule has 0 saturated carbocycles. The third-order valence-electron chi connectivity index (χ3n) is 3.91. The molecule has 0 unspecified atom stereocenters. The van der Waals surface area contributed by atoms with E-state index in [-0.39, 0.29) is 0 Å². The Labute approximate surface area is 130 Å². The SMILES string of the molecule is C/C=C(\C)CN1CCn2nc(CNc3cnccn3)cc2C1. The van der Waals surface area contributed by atoms with Crippen molar-refractivity contribution in [3.8, 4) is 0 Å². The van der Waals surface area contributed by atoms with E-state index in [4.69, 9.17) is 0 Å². The molecule has 3 heterocycles. The molecule has 2 aromatic heterocycles. The molecule has 0 amide bonds. The van der Waals surface area contributed by atoms with Crippen LogP contribution < -0.4 is 5.32 Å². The van der Waals surface area contributed by atoms with Gasteiger partial charge in [-0.15, -0.1) is 0 Å². The van der Waals surface area contributed by atoms with Crippen molar-refractivity contribution in [2.45, 2.75) is 33.5 Å². The number of rotatable bonds is 5. The highest BCUT2D eigenvalue weighted by atomic mass is 15.3. The van der Waals surface area contributed by atoms with Crippen LogP contribution in [0.3, 0.4) is 0 Å². The van der Waals surface area contributed by atoms with E-state index in [2.05, 4.69) is 56.0 Å². The maximum absolute atomic E-state index is 4.66. The predicted octanol–water partition coefficient (Wildman–Crippen LogP) is 2.07. The zero-order valence-electron chi connectivity index (χ0n) is 13.2. The van der Waals surface area contributed by atoms with Crippen LogP contribution in [-0.4, -0.2) is 37.7 Å². The second-order valence-electron chi connectivity index (χ2n) is 5.64. The first kappa shape index (κ1) is 14.7. The Hall–Kier alpha value is -2.21. The van der Waals surface area contributed by atoms with Gasteiger partial charge >= 0.3 is 0 Å². The molecule has 0 saturated heterocycles. The molecule has 0 radical (unpaired) electrons. The van der Waals surface area contributed by atoms with Gasteiger partial charge in [-0.1, -0.05) is 11.6 Å². The Kier molecular flexibility index (Phi) is 4.48. The van der Waals surface area contributed by atoms with Crippen LogP contribution in [0.25, 0.3) is 0 Å². The fourth-order valence-electron chi connectivity index (χ4n) is 2.62. The molecule has 0 fully saturated rings. The van der Waals surface area contributed by atoms with Gasteiger partial charge < -0.3 is 5.32 Å². The normalized spacial score (nSPS) is 15.6. The number of fused-ring (bicyclic) bond motifs is 1. The number of aromatic nitrogens is 4. The van der Waals surface area contributed by atoms with E-state index in [1.807, 2.05) is 0 Å². The number of nitrogens with zero attached hydrogens (tertiary/aromatic N) is 5. The van der Waals surface area contributed by atoms with E-state index in [0.29, 0.717) is 6.54 Å². The van der Waals surface area contributed by atoms with E-state index < -0.39 is 0 Å². The van der Waals surface area contributed by atoms with Crippen LogP contribution in [-0.2, 0) is 19.6 Å². The van der Waals surface area contributed by atoms with Crippen molar-refractivity contribution in [3.63, 3.8) is 0 Å². The fraction of sp³-hybridized carbons (Fsp3) is 0.438. The summed E-state index contributed by atoms with van der Waals surface area (Å²) in [7, 11) is 0. The molecule has 0 aliphatic carbocycles. The Morgan fingerprint density at radius 2 is 2.27 bits per heavy atom. The first-order chi connectivity index (χ1) is 10.7. The smallest absolute Gasteiger partial charge is 0.144 e. The molecule has 116 valence electrons. The molecule has 22 heavy (non-hydrogen) atoms. The zero-order valence-corrected chi connectivity index (χ0v) is 13.2. The van der Waals surface area contributed by atoms with Crippen LogP contribution in [0.15, 0.2) is 36.3 Å². The summed E-state index contributed by atoms with van der Waals surface area (Å²) in [5.41, 5.74) is 3.74. The van der Waals surface area contributed by atoms with Crippen LogP contribution in [0.5, 0.6) is 0 Å². The van der Waals surface area contributed by atoms with Gasteiger partial charge in [-0.05, 0) is 19.9 Å². The van der Waals surface area contributed by atoms with Gasteiger partial charge in [0.2, 0.25) is 0 Å². The van der Waals surface area contributed by atoms with E-state index in [1.165, 1.54) is 11.3 Å². The summed E-state index contributed by atoms with van der Waals surface area (Å²) in [6.07, 6.45) is 7.25. The maximum Gasteiger partial charge on any atom is 0.144 e. The van der Waals surface area contributed by atoms with Crippen molar-refractivity contribution in [1.82, 2.24) is 24.6 Å². The third-order valence-corrected chi connectivity index (χ3v) is 3.91. The Balaban J connectivity index is 1.61. The highest BCUT2D eigenvalue weighted by Gasteiger charge is 2.18. The van der Waals surface area contributed by atoms with Gasteiger partial charge in [0.15, 0.2) is 0 Å². The average molecular weight is 298 g/mol. The van der Waals surface area contributed by atoms with Crippen LogP contribution in [0, 0.1) is 0 Å². The number of hydrogen-bond donors (Lipinski definition) is 1. The van der Waals surface area contributed by atoms with Crippen molar-refractivity contribution < 1.29 is 0 Å². The van der Waals surface area contributed by atoms with Gasteiger partial charge in [0, 0.05) is 32.0 Å². The van der Waals surface area contributed by atoms with Crippen LogP contribution >= 0.6 is 0 Å². The number of nitrogens with one attached hydrogen (secondary N) is 1. The molecule has 0 bridgehead atoms. The monoisotopic (exact) mass is 298 g/mol. The molecule has 2 aromatic rings. The van der Waals surface area contributed by atoms with Gasteiger partial charge in [-0.3, -0.25) is 14.6 Å². The molecule has 1 aliphatic rings. The quantitative estimate of drug-likeness (QED) is 0.856. The van der Waals surface area contributed by atoms with E-state index in [1.54, 1.807) is 18.6 Å².